The molecular weight excluding hydrogens is 385 g/mol. The number of likely N-dealkylation sites (tertiary alicyclic amines) is 1. The molecule has 0 spiro atoms. The zero-order valence-electron chi connectivity index (χ0n) is 13.9. The summed E-state index contributed by atoms with van der Waals surface area (Å²) in [6.45, 7) is 3.26. The van der Waals surface area contributed by atoms with Gasteiger partial charge in [-0.2, -0.15) is 0 Å². The fourth-order valence-electron chi connectivity index (χ4n) is 3.15. The van der Waals surface area contributed by atoms with Crippen LogP contribution in [-0.4, -0.2) is 43.5 Å². The number of benzene rings is 1. The molecule has 1 aliphatic rings. The van der Waals surface area contributed by atoms with Gasteiger partial charge in [-0.15, -0.1) is 0 Å². The molecule has 1 fully saturated rings. The molecule has 1 saturated heterocycles. The van der Waals surface area contributed by atoms with Crippen LogP contribution in [-0.2, 0) is 13.6 Å². The summed E-state index contributed by atoms with van der Waals surface area (Å²) in [5.41, 5.74) is 1.19. The van der Waals surface area contributed by atoms with E-state index in [0.29, 0.717) is 9.73 Å². The third-order valence-electron chi connectivity index (χ3n) is 4.44. The molecule has 1 aromatic carbocycles. The molecule has 2 atom stereocenters. The van der Waals surface area contributed by atoms with E-state index in [4.69, 9.17) is 11.6 Å². The molecule has 1 aromatic heterocycles. The van der Waals surface area contributed by atoms with Gasteiger partial charge in [-0.3, -0.25) is 0 Å². The first-order valence-electron chi connectivity index (χ1n) is 8.38. The Morgan fingerprint density at radius 2 is 2.08 bits per heavy atom. The Hall–Kier alpha value is -1.09. The quantitative estimate of drug-likeness (QED) is 0.727. The van der Waals surface area contributed by atoms with Crippen LogP contribution in [0.4, 0.5) is 0 Å². The summed E-state index contributed by atoms with van der Waals surface area (Å²) in [6, 6.07) is 10.6. The maximum absolute atomic E-state index is 12.0. The Morgan fingerprint density at radius 3 is 2.88 bits per heavy atom. The molecule has 2 aromatic rings. The molecular formula is C18H23AsClN3O. The Bertz CT molecular complexity index is 735. The van der Waals surface area contributed by atoms with Crippen LogP contribution >= 0.6 is 11.6 Å². The molecule has 24 heavy (non-hydrogen) atoms. The number of rotatable bonds is 4. The Morgan fingerprint density at radius 1 is 1.29 bits per heavy atom. The fourth-order valence-corrected chi connectivity index (χ4v) is 6.76. The number of hydrogen-bond donors (Lipinski definition) is 0. The van der Waals surface area contributed by atoms with Crippen molar-refractivity contribution in [2.75, 3.05) is 13.1 Å². The van der Waals surface area contributed by atoms with Crippen LogP contribution in [0.2, 0.25) is 9.73 Å². The number of halogens is 1. The van der Waals surface area contributed by atoms with Gasteiger partial charge in [0.2, 0.25) is 0 Å². The second-order valence-electron chi connectivity index (χ2n) is 6.36. The molecule has 0 saturated carbocycles. The van der Waals surface area contributed by atoms with Gasteiger partial charge in [-0.1, -0.05) is 0 Å². The topological polar surface area (TPSA) is 38.1 Å². The molecule has 0 bridgehead atoms. The van der Waals surface area contributed by atoms with Crippen molar-refractivity contribution in [1.29, 1.82) is 0 Å². The molecule has 0 radical (unpaired) electrons. The van der Waals surface area contributed by atoms with E-state index >= 15 is 0 Å². The number of hydrogen-bond acceptors (Lipinski definition) is 3. The summed E-state index contributed by atoms with van der Waals surface area (Å²) in [5, 5.41) is 4.53. The van der Waals surface area contributed by atoms with E-state index in [0.717, 1.165) is 24.0 Å². The van der Waals surface area contributed by atoms with E-state index in [1.807, 2.05) is 0 Å². The van der Waals surface area contributed by atoms with Crippen molar-refractivity contribution >= 4 is 31.7 Å². The van der Waals surface area contributed by atoms with Gasteiger partial charge in [0.1, 0.15) is 0 Å². The van der Waals surface area contributed by atoms with Gasteiger partial charge in [-0.25, -0.2) is 0 Å². The molecule has 3 rings (SSSR count). The molecule has 4 nitrogen and oxygen atoms in total. The van der Waals surface area contributed by atoms with Crippen molar-refractivity contribution < 1.29 is 0 Å². The van der Waals surface area contributed by atoms with Gasteiger partial charge in [0.25, 0.3) is 0 Å². The van der Waals surface area contributed by atoms with Gasteiger partial charge in [0, 0.05) is 0 Å². The molecule has 2 unspecified atom stereocenters. The van der Waals surface area contributed by atoms with Crippen LogP contribution < -0.4 is 9.91 Å². The Balaban J connectivity index is 1.69. The van der Waals surface area contributed by atoms with Crippen LogP contribution in [0.3, 0.4) is 0 Å². The molecule has 1 aliphatic heterocycles. The molecule has 0 amide bonds. The summed E-state index contributed by atoms with van der Waals surface area (Å²) in [7, 11) is 1.64. The van der Waals surface area contributed by atoms with Crippen LogP contribution in [0.25, 0.3) is 0 Å². The second kappa shape index (κ2) is 8.33. The number of nitrogens with zero attached hydrogens (tertiary/aromatic N) is 3. The summed E-state index contributed by atoms with van der Waals surface area (Å²) in [6.07, 6.45) is 5.54. The standard InChI is InChI=1S/C18H23AsClN3O/c1-22-18(24)17(20)16(11-21-22)19-15-9-5-6-10-23(13-15)12-14-7-3-2-4-8-14/h2-4,7-8,11,15,19H,5-6,9-10,12-13H2,1H3. The van der Waals surface area contributed by atoms with E-state index in [9.17, 15) is 4.79 Å². The maximum atomic E-state index is 12.0. The second-order valence-corrected chi connectivity index (χ2v) is 10.2. The van der Waals surface area contributed by atoms with Crippen molar-refractivity contribution in [1.82, 2.24) is 14.7 Å². The first-order chi connectivity index (χ1) is 11.6. The summed E-state index contributed by atoms with van der Waals surface area (Å²) in [4.78, 5) is 14.5. The molecule has 2 heterocycles. The van der Waals surface area contributed by atoms with Crippen molar-refractivity contribution in [3.8, 4) is 0 Å². The fraction of sp³-hybridized carbons (Fsp3) is 0.444. The van der Waals surface area contributed by atoms with Crippen LogP contribution in [0.5, 0.6) is 0 Å². The summed E-state index contributed by atoms with van der Waals surface area (Å²) in [5.74, 6) is 0. The van der Waals surface area contributed by atoms with Crippen molar-refractivity contribution in [3.63, 3.8) is 0 Å². The Kier molecular flexibility index (Phi) is 6.15. The van der Waals surface area contributed by atoms with Gasteiger partial charge < -0.3 is 0 Å². The average molecular weight is 408 g/mol. The molecule has 0 aliphatic carbocycles. The minimum atomic E-state index is -0.472. The summed E-state index contributed by atoms with van der Waals surface area (Å²) < 4.78 is 2.96. The number of aryl methyl sites for hydroxylation is 1. The molecule has 128 valence electrons. The predicted octanol–water partition coefficient (Wildman–Crippen LogP) is 1.97. The Labute approximate surface area is 154 Å². The average Bonchev–Trinajstić information content (AvgIpc) is 2.81. The first kappa shape index (κ1) is 17.7. The third-order valence-corrected chi connectivity index (χ3v) is 8.43. The van der Waals surface area contributed by atoms with E-state index in [1.54, 1.807) is 13.2 Å². The zero-order valence-corrected chi connectivity index (χ0v) is 16.8. The normalized spacial score (nSPS) is 19.7. The zero-order chi connectivity index (χ0) is 16.9. The predicted molar refractivity (Wildman–Crippen MR) is 101 cm³/mol. The van der Waals surface area contributed by atoms with E-state index in [-0.39, 0.29) is 5.56 Å². The van der Waals surface area contributed by atoms with E-state index in [1.165, 1.54) is 29.5 Å². The van der Waals surface area contributed by atoms with Crippen LogP contribution in [0.1, 0.15) is 24.8 Å². The molecule has 0 N–H and O–H groups in total. The van der Waals surface area contributed by atoms with Gasteiger partial charge in [0.05, 0.1) is 0 Å². The third kappa shape index (κ3) is 4.50. The molecule has 6 heteroatoms. The number of aromatic nitrogens is 2. The van der Waals surface area contributed by atoms with Gasteiger partial charge in [0.15, 0.2) is 0 Å². The van der Waals surface area contributed by atoms with Crippen LogP contribution in [0.15, 0.2) is 41.3 Å². The van der Waals surface area contributed by atoms with Crippen molar-refractivity contribution in [3.05, 3.63) is 57.5 Å². The van der Waals surface area contributed by atoms with Crippen molar-refractivity contribution in [2.45, 2.75) is 30.5 Å². The van der Waals surface area contributed by atoms with E-state index in [2.05, 4.69) is 40.3 Å². The minimum absolute atomic E-state index is 0.173. The van der Waals surface area contributed by atoms with Crippen molar-refractivity contribution in [2.24, 2.45) is 7.05 Å². The summed E-state index contributed by atoms with van der Waals surface area (Å²) >= 11 is 5.80. The first-order valence-corrected chi connectivity index (χ1v) is 11.0. The van der Waals surface area contributed by atoms with Gasteiger partial charge >= 0.3 is 155 Å². The van der Waals surface area contributed by atoms with Gasteiger partial charge in [-0.05, 0) is 0 Å². The van der Waals surface area contributed by atoms with E-state index < -0.39 is 15.8 Å². The SMILES string of the molecule is Cn1ncc([AsH]C2CCCCN(Cc3ccccc3)C2)c(Cl)c1=O. The monoisotopic (exact) mass is 407 g/mol. The van der Waals surface area contributed by atoms with Crippen LogP contribution in [0, 0.1) is 0 Å².